The number of phenolic OH excluding ortho intramolecular Hbond substituents is 1. The van der Waals surface area contributed by atoms with Crippen molar-refractivity contribution in [2.45, 2.75) is 0 Å². The number of rotatable bonds is 1. The molecule has 0 spiro atoms. The Morgan fingerprint density at radius 1 is 0.857 bits per heavy atom. The Balaban J connectivity index is 2.48. The van der Waals surface area contributed by atoms with Gasteiger partial charge in [-0.15, -0.1) is 0 Å². The molecule has 70 valence electrons. The fraction of sp³-hybridized carbons (Fsp3) is 0. The van der Waals surface area contributed by atoms with E-state index in [0.29, 0.717) is 5.75 Å². The van der Waals surface area contributed by atoms with Gasteiger partial charge in [0, 0.05) is 0 Å². The summed E-state index contributed by atoms with van der Waals surface area (Å²) in [6.45, 7) is 0. The van der Waals surface area contributed by atoms with E-state index in [-0.39, 0.29) is 0 Å². The summed E-state index contributed by atoms with van der Waals surface area (Å²) < 4.78 is 0.877. The molecule has 0 bridgehead atoms. The van der Waals surface area contributed by atoms with Crippen LogP contribution in [0.5, 0.6) is 5.75 Å². The van der Waals surface area contributed by atoms with Crippen molar-refractivity contribution in [2.24, 2.45) is 0 Å². The molecule has 0 saturated heterocycles. The van der Waals surface area contributed by atoms with Gasteiger partial charge in [0.15, 0.2) is 0 Å². The third-order valence-corrected chi connectivity index (χ3v) is 2.97. The number of hydrogen-bond donors (Lipinski definition) is 1. The highest BCUT2D eigenvalue weighted by atomic mass is 127. The van der Waals surface area contributed by atoms with Gasteiger partial charge in [-0.2, -0.15) is 0 Å². The maximum Gasteiger partial charge on any atom is 0.129 e. The maximum atomic E-state index is 9.55. The molecule has 0 atom stereocenters. The summed E-state index contributed by atoms with van der Waals surface area (Å²) in [6.07, 6.45) is 0. The van der Waals surface area contributed by atoms with Crippen molar-refractivity contribution >= 4 is 22.6 Å². The monoisotopic (exact) mass is 296 g/mol. The largest absolute Gasteiger partial charge is 0.507 e. The van der Waals surface area contributed by atoms with Crippen LogP contribution in [0.15, 0.2) is 48.5 Å². The first-order valence-electron chi connectivity index (χ1n) is 4.31. The normalized spacial score (nSPS) is 10.1. The van der Waals surface area contributed by atoms with Crippen LogP contribution in [0.4, 0.5) is 0 Å². The first-order chi connectivity index (χ1) is 6.77. The van der Waals surface area contributed by atoms with Crippen molar-refractivity contribution in [1.82, 2.24) is 0 Å². The van der Waals surface area contributed by atoms with E-state index in [1.54, 1.807) is 6.07 Å². The zero-order chi connectivity index (χ0) is 9.97. The lowest BCUT2D eigenvalue weighted by molar-refractivity contribution is 0.472. The Bertz CT molecular complexity index is 437. The molecule has 0 unspecified atom stereocenters. The van der Waals surface area contributed by atoms with E-state index in [4.69, 9.17) is 0 Å². The standard InChI is InChI=1S/C12H9IO/c13-11-7-6-10(8-12(11)14)9-4-2-1-3-5-9/h1-8,14H. The average molecular weight is 296 g/mol. The Kier molecular flexibility index (Phi) is 2.72. The summed E-state index contributed by atoms with van der Waals surface area (Å²) in [5, 5.41) is 9.55. The number of aromatic hydroxyl groups is 1. The second kappa shape index (κ2) is 4.00. The van der Waals surface area contributed by atoms with Crippen LogP contribution in [0.3, 0.4) is 0 Å². The van der Waals surface area contributed by atoms with Gasteiger partial charge in [-0.05, 0) is 45.9 Å². The van der Waals surface area contributed by atoms with Crippen LogP contribution in [0.1, 0.15) is 0 Å². The molecule has 0 radical (unpaired) electrons. The van der Waals surface area contributed by atoms with Gasteiger partial charge in [-0.1, -0.05) is 36.4 Å². The van der Waals surface area contributed by atoms with Gasteiger partial charge in [0.25, 0.3) is 0 Å². The van der Waals surface area contributed by atoms with Crippen LogP contribution in [0.2, 0.25) is 0 Å². The summed E-state index contributed by atoms with van der Waals surface area (Å²) in [7, 11) is 0. The number of benzene rings is 2. The van der Waals surface area contributed by atoms with E-state index in [1.165, 1.54) is 0 Å². The van der Waals surface area contributed by atoms with Gasteiger partial charge in [0.1, 0.15) is 5.75 Å². The highest BCUT2D eigenvalue weighted by Crippen LogP contribution is 2.26. The SMILES string of the molecule is Oc1cc(-c2ccccc2)ccc1I. The molecular formula is C12H9IO. The molecule has 0 aromatic heterocycles. The molecule has 0 aliphatic rings. The van der Waals surface area contributed by atoms with Crippen LogP contribution in [-0.4, -0.2) is 5.11 Å². The van der Waals surface area contributed by atoms with Crippen molar-refractivity contribution in [1.29, 1.82) is 0 Å². The van der Waals surface area contributed by atoms with Crippen molar-refractivity contribution in [2.75, 3.05) is 0 Å². The van der Waals surface area contributed by atoms with Crippen molar-refractivity contribution in [3.05, 3.63) is 52.1 Å². The van der Waals surface area contributed by atoms with Gasteiger partial charge in [0.2, 0.25) is 0 Å². The molecule has 0 amide bonds. The molecule has 0 fully saturated rings. The molecule has 0 aliphatic carbocycles. The topological polar surface area (TPSA) is 20.2 Å². The Morgan fingerprint density at radius 3 is 2.21 bits per heavy atom. The van der Waals surface area contributed by atoms with Crippen LogP contribution in [0, 0.1) is 3.57 Å². The summed E-state index contributed by atoms with van der Waals surface area (Å²) in [5.41, 5.74) is 2.17. The second-order valence-electron chi connectivity index (χ2n) is 3.03. The smallest absolute Gasteiger partial charge is 0.129 e. The number of halogens is 1. The molecule has 0 saturated carbocycles. The van der Waals surface area contributed by atoms with E-state index in [0.717, 1.165) is 14.7 Å². The highest BCUT2D eigenvalue weighted by Gasteiger charge is 2.00. The van der Waals surface area contributed by atoms with E-state index >= 15 is 0 Å². The summed E-state index contributed by atoms with van der Waals surface area (Å²) in [6, 6.07) is 15.7. The number of phenols is 1. The predicted octanol–water partition coefficient (Wildman–Crippen LogP) is 3.66. The first kappa shape index (κ1) is 9.52. The van der Waals surface area contributed by atoms with E-state index < -0.39 is 0 Å². The maximum absolute atomic E-state index is 9.55. The van der Waals surface area contributed by atoms with Gasteiger partial charge in [-0.25, -0.2) is 0 Å². The van der Waals surface area contributed by atoms with Crippen molar-refractivity contribution in [3.63, 3.8) is 0 Å². The minimum Gasteiger partial charge on any atom is -0.507 e. The van der Waals surface area contributed by atoms with Crippen molar-refractivity contribution < 1.29 is 5.11 Å². The third-order valence-electron chi connectivity index (χ3n) is 2.05. The van der Waals surface area contributed by atoms with Gasteiger partial charge in [-0.3, -0.25) is 0 Å². The van der Waals surface area contributed by atoms with Crippen LogP contribution >= 0.6 is 22.6 Å². The first-order valence-corrected chi connectivity index (χ1v) is 5.39. The quantitative estimate of drug-likeness (QED) is 0.796. The second-order valence-corrected chi connectivity index (χ2v) is 4.19. The zero-order valence-electron chi connectivity index (χ0n) is 7.44. The highest BCUT2D eigenvalue weighted by molar-refractivity contribution is 14.1. The minimum absolute atomic E-state index is 0.340. The predicted molar refractivity (Wildman–Crippen MR) is 66.3 cm³/mol. The summed E-state index contributed by atoms with van der Waals surface area (Å²) in [4.78, 5) is 0. The molecule has 0 aliphatic heterocycles. The summed E-state index contributed by atoms with van der Waals surface area (Å²) in [5.74, 6) is 0.340. The van der Waals surface area contributed by atoms with Crippen LogP contribution < -0.4 is 0 Å². The fourth-order valence-corrected chi connectivity index (χ4v) is 1.66. The molecule has 2 aromatic carbocycles. The van der Waals surface area contributed by atoms with E-state index in [1.807, 2.05) is 42.5 Å². The molecule has 14 heavy (non-hydrogen) atoms. The van der Waals surface area contributed by atoms with Crippen molar-refractivity contribution in [3.8, 4) is 16.9 Å². The van der Waals surface area contributed by atoms with Gasteiger partial charge in [0.05, 0.1) is 3.57 Å². The fourth-order valence-electron chi connectivity index (χ4n) is 1.32. The Labute approximate surface area is 96.5 Å². The molecule has 1 N–H and O–H groups in total. The van der Waals surface area contributed by atoms with Gasteiger partial charge < -0.3 is 5.11 Å². The van der Waals surface area contributed by atoms with E-state index in [9.17, 15) is 5.11 Å². The third kappa shape index (κ3) is 1.90. The lowest BCUT2D eigenvalue weighted by atomic mass is 10.1. The minimum atomic E-state index is 0.340. The van der Waals surface area contributed by atoms with Crippen LogP contribution in [-0.2, 0) is 0 Å². The molecule has 2 aromatic rings. The van der Waals surface area contributed by atoms with E-state index in [2.05, 4.69) is 22.6 Å². The molecular weight excluding hydrogens is 287 g/mol. The molecule has 0 heterocycles. The lowest BCUT2D eigenvalue weighted by Gasteiger charge is -2.03. The average Bonchev–Trinajstić information content (AvgIpc) is 2.23. The Hall–Kier alpha value is -1.03. The van der Waals surface area contributed by atoms with Gasteiger partial charge >= 0.3 is 0 Å². The molecule has 1 nitrogen and oxygen atoms in total. The molecule has 2 heteroatoms. The summed E-state index contributed by atoms with van der Waals surface area (Å²) >= 11 is 2.11. The van der Waals surface area contributed by atoms with Crippen LogP contribution in [0.25, 0.3) is 11.1 Å². The Morgan fingerprint density at radius 2 is 1.57 bits per heavy atom. The lowest BCUT2D eigenvalue weighted by Crippen LogP contribution is -1.78. The zero-order valence-corrected chi connectivity index (χ0v) is 9.60. The molecule has 2 rings (SSSR count). The number of hydrogen-bond acceptors (Lipinski definition) is 1.